The van der Waals surface area contributed by atoms with Gasteiger partial charge < -0.3 is 4.90 Å². The topological polar surface area (TPSA) is 45.2 Å². The van der Waals surface area contributed by atoms with E-state index in [4.69, 9.17) is 0 Å². The zero-order chi connectivity index (χ0) is 16.1. The molecule has 4 nitrogen and oxygen atoms in total. The van der Waals surface area contributed by atoms with Crippen LogP contribution in [0.3, 0.4) is 0 Å². The molecule has 1 N–H and O–H groups in total. The van der Waals surface area contributed by atoms with Crippen LogP contribution in [0.15, 0.2) is 29.8 Å². The van der Waals surface area contributed by atoms with Gasteiger partial charge in [-0.1, -0.05) is 19.9 Å². The van der Waals surface area contributed by atoms with E-state index >= 15 is 0 Å². The van der Waals surface area contributed by atoms with Crippen molar-refractivity contribution in [2.24, 2.45) is 5.92 Å². The lowest BCUT2D eigenvalue weighted by Crippen LogP contribution is -2.15. The minimum Gasteiger partial charge on any atom is -0.305 e. The van der Waals surface area contributed by atoms with Crippen molar-refractivity contribution in [2.75, 3.05) is 19.4 Å². The molecule has 1 heterocycles. The first kappa shape index (κ1) is 16.6. The maximum absolute atomic E-state index is 12.4. The first-order chi connectivity index (χ1) is 10.4. The van der Waals surface area contributed by atoms with Gasteiger partial charge in [0.1, 0.15) is 0 Å². The Morgan fingerprint density at radius 1 is 1.27 bits per heavy atom. The van der Waals surface area contributed by atoms with Gasteiger partial charge in [0.15, 0.2) is 5.13 Å². The predicted molar refractivity (Wildman–Crippen MR) is 92.4 cm³/mol. The van der Waals surface area contributed by atoms with Gasteiger partial charge in [-0.3, -0.25) is 10.1 Å². The van der Waals surface area contributed by atoms with E-state index in [-0.39, 0.29) is 5.91 Å². The summed E-state index contributed by atoms with van der Waals surface area (Å²) < 4.78 is 0. The zero-order valence-corrected chi connectivity index (χ0v) is 14.4. The van der Waals surface area contributed by atoms with Gasteiger partial charge in [0.05, 0.1) is 0 Å². The van der Waals surface area contributed by atoms with Crippen LogP contribution >= 0.6 is 11.3 Å². The maximum atomic E-state index is 12.4. The molecule has 1 aromatic carbocycles. The van der Waals surface area contributed by atoms with Crippen LogP contribution in [0.2, 0.25) is 0 Å². The Morgan fingerprint density at radius 3 is 2.59 bits per heavy atom. The minimum absolute atomic E-state index is 0.0967. The molecule has 0 aliphatic heterocycles. The Morgan fingerprint density at radius 2 is 2.00 bits per heavy atom. The van der Waals surface area contributed by atoms with E-state index in [0.717, 1.165) is 18.5 Å². The van der Waals surface area contributed by atoms with E-state index in [2.05, 4.69) is 35.1 Å². The Hall–Kier alpha value is -1.72. The van der Waals surface area contributed by atoms with E-state index in [1.165, 1.54) is 16.9 Å². The molecule has 0 unspecified atom stereocenters. The van der Waals surface area contributed by atoms with Crippen LogP contribution in [0.4, 0.5) is 5.13 Å². The first-order valence-electron chi connectivity index (χ1n) is 7.42. The maximum Gasteiger partial charge on any atom is 0.257 e. The molecule has 2 aromatic rings. The fraction of sp³-hybridized carbons (Fsp3) is 0.412. The van der Waals surface area contributed by atoms with Crippen molar-refractivity contribution in [1.29, 1.82) is 0 Å². The van der Waals surface area contributed by atoms with Crippen LogP contribution in [0, 0.1) is 5.92 Å². The summed E-state index contributed by atoms with van der Waals surface area (Å²) in [5.74, 6) is 0.463. The summed E-state index contributed by atoms with van der Waals surface area (Å²) in [5, 5.41) is 5.34. The molecular formula is C17H23N3OS. The molecule has 0 radical (unpaired) electrons. The van der Waals surface area contributed by atoms with Gasteiger partial charge in [-0.25, -0.2) is 4.98 Å². The molecule has 5 heteroatoms. The average molecular weight is 317 g/mol. The summed E-state index contributed by atoms with van der Waals surface area (Å²) in [5.41, 5.74) is 3.07. The van der Waals surface area contributed by atoms with Crippen LogP contribution < -0.4 is 5.32 Å². The molecule has 118 valence electrons. The quantitative estimate of drug-likeness (QED) is 0.884. The van der Waals surface area contributed by atoms with Gasteiger partial charge in [-0.2, -0.15) is 0 Å². The van der Waals surface area contributed by atoms with Gasteiger partial charge in [-0.05, 0) is 49.7 Å². The second-order valence-electron chi connectivity index (χ2n) is 6.17. The number of rotatable bonds is 6. The molecule has 0 atom stereocenters. The predicted octanol–water partition coefficient (Wildman–Crippen LogP) is 3.66. The number of nitrogens with zero attached hydrogens (tertiary/aromatic N) is 2. The normalized spacial score (nSPS) is 11.2. The fourth-order valence-corrected chi connectivity index (χ4v) is 2.92. The van der Waals surface area contributed by atoms with Crippen molar-refractivity contribution in [3.63, 3.8) is 0 Å². The third kappa shape index (κ3) is 4.93. The molecule has 1 aromatic heterocycles. The lowest BCUT2D eigenvalue weighted by molar-refractivity contribution is 0.102. The SMILES string of the molecule is CC(C)Cc1cc(CN(C)C)cc(C(=O)Nc2nccs2)c1. The molecule has 0 fully saturated rings. The zero-order valence-electron chi connectivity index (χ0n) is 13.6. The van der Waals surface area contributed by atoms with E-state index in [1.807, 2.05) is 31.6 Å². The molecular weight excluding hydrogens is 294 g/mol. The number of thiazole rings is 1. The monoisotopic (exact) mass is 317 g/mol. The second-order valence-corrected chi connectivity index (χ2v) is 7.06. The molecule has 0 aliphatic rings. The lowest BCUT2D eigenvalue weighted by atomic mass is 9.98. The third-order valence-corrected chi connectivity index (χ3v) is 3.80. The Balaban J connectivity index is 2.25. The van der Waals surface area contributed by atoms with Crippen molar-refractivity contribution < 1.29 is 4.79 Å². The largest absolute Gasteiger partial charge is 0.305 e. The third-order valence-electron chi connectivity index (χ3n) is 3.11. The van der Waals surface area contributed by atoms with Gasteiger partial charge in [0.2, 0.25) is 0 Å². The first-order valence-corrected chi connectivity index (χ1v) is 8.30. The molecule has 1 amide bonds. The van der Waals surface area contributed by atoms with Crippen molar-refractivity contribution in [3.05, 3.63) is 46.5 Å². The van der Waals surface area contributed by atoms with Crippen molar-refractivity contribution in [2.45, 2.75) is 26.8 Å². The Bertz CT molecular complexity index is 593. The number of benzene rings is 1. The van der Waals surface area contributed by atoms with Crippen LogP contribution in [0.5, 0.6) is 0 Å². The lowest BCUT2D eigenvalue weighted by Gasteiger charge is -2.14. The highest BCUT2D eigenvalue weighted by Gasteiger charge is 2.11. The van der Waals surface area contributed by atoms with Gasteiger partial charge in [-0.15, -0.1) is 11.3 Å². The molecule has 0 aliphatic carbocycles. The van der Waals surface area contributed by atoms with Crippen molar-refractivity contribution in [1.82, 2.24) is 9.88 Å². The second kappa shape index (κ2) is 7.51. The van der Waals surface area contributed by atoms with E-state index < -0.39 is 0 Å². The summed E-state index contributed by atoms with van der Waals surface area (Å²) in [6.45, 7) is 5.20. The van der Waals surface area contributed by atoms with Crippen LogP contribution in [-0.2, 0) is 13.0 Å². The number of hydrogen-bond acceptors (Lipinski definition) is 4. The molecule has 0 spiro atoms. The smallest absolute Gasteiger partial charge is 0.257 e. The highest BCUT2D eigenvalue weighted by Crippen LogP contribution is 2.18. The number of carbonyl (C=O) groups excluding carboxylic acids is 1. The Kier molecular flexibility index (Phi) is 5.69. The van der Waals surface area contributed by atoms with Gasteiger partial charge >= 0.3 is 0 Å². The molecule has 0 saturated carbocycles. The fourth-order valence-electron chi connectivity index (χ4n) is 2.39. The van der Waals surface area contributed by atoms with E-state index in [9.17, 15) is 4.79 Å². The molecule has 22 heavy (non-hydrogen) atoms. The van der Waals surface area contributed by atoms with Gasteiger partial charge in [0.25, 0.3) is 5.91 Å². The number of amides is 1. The number of carbonyl (C=O) groups is 1. The van der Waals surface area contributed by atoms with Crippen LogP contribution in [0.1, 0.15) is 35.3 Å². The minimum atomic E-state index is -0.0967. The number of nitrogens with one attached hydrogen (secondary N) is 1. The summed E-state index contributed by atoms with van der Waals surface area (Å²) in [6, 6.07) is 6.15. The Labute approximate surface area is 136 Å². The molecule has 2 rings (SSSR count). The summed E-state index contributed by atoms with van der Waals surface area (Å²) in [4.78, 5) is 18.6. The van der Waals surface area contributed by atoms with Crippen LogP contribution in [-0.4, -0.2) is 29.9 Å². The van der Waals surface area contributed by atoms with Crippen molar-refractivity contribution in [3.8, 4) is 0 Å². The number of aromatic nitrogens is 1. The average Bonchev–Trinajstić information content (AvgIpc) is 2.89. The molecule has 0 saturated heterocycles. The van der Waals surface area contributed by atoms with Crippen LogP contribution in [0.25, 0.3) is 0 Å². The molecule has 0 bridgehead atoms. The summed E-state index contributed by atoms with van der Waals surface area (Å²) in [7, 11) is 4.06. The summed E-state index contributed by atoms with van der Waals surface area (Å²) in [6.07, 6.45) is 2.66. The van der Waals surface area contributed by atoms with Crippen molar-refractivity contribution >= 4 is 22.4 Å². The number of hydrogen-bond donors (Lipinski definition) is 1. The van der Waals surface area contributed by atoms with E-state index in [1.54, 1.807) is 6.20 Å². The summed E-state index contributed by atoms with van der Waals surface area (Å²) >= 11 is 1.42. The van der Waals surface area contributed by atoms with Gasteiger partial charge in [0, 0.05) is 23.7 Å². The highest BCUT2D eigenvalue weighted by molar-refractivity contribution is 7.13. The van der Waals surface area contributed by atoms with E-state index in [0.29, 0.717) is 16.6 Å². The highest BCUT2D eigenvalue weighted by atomic mass is 32.1. The standard InChI is InChI=1S/C17H23N3OS/c1-12(2)7-13-8-14(11-20(3)4)10-15(9-13)16(21)19-17-18-5-6-22-17/h5-6,8-10,12H,7,11H2,1-4H3,(H,18,19,21). The number of anilines is 1.